The summed E-state index contributed by atoms with van der Waals surface area (Å²) in [6, 6.07) is 7.88. The monoisotopic (exact) mass is 322 g/mol. The molecule has 0 aliphatic carbocycles. The number of hydrogen-bond acceptors (Lipinski definition) is 4. The van der Waals surface area contributed by atoms with E-state index >= 15 is 0 Å². The van der Waals surface area contributed by atoms with Crippen LogP contribution < -0.4 is 5.32 Å². The third-order valence-electron chi connectivity index (χ3n) is 4.19. The molecule has 0 radical (unpaired) electrons. The minimum Gasteiger partial charge on any atom is -0.368 e. The Morgan fingerprint density at radius 1 is 1.33 bits per heavy atom. The van der Waals surface area contributed by atoms with Crippen LogP contribution in [0.1, 0.15) is 18.5 Å². The van der Waals surface area contributed by atoms with Crippen LogP contribution in [0.25, 0.3) is 22.2 Å². The molecule has 0 saturated carbocycles. The van der Waals surface area contributed by atoms with Crippen molar-refractivity contribution in [2.75, 3.05) is 11.9 Å². The Hall–Kier alpha value is -2.73. The smallest absolute Gasteiger partial charge is 0.254 e. The number of carbonyl (C=O) groups is 1. The van der Waals surface area contributed by atoms with Gasteiger partial charge in [0.25, 0.3) is 5.91 Å². The maximum atomic E-state index is 12.1. The minimum atomic E-state index is -0.360. The number of pyridine rings is 2. The lowest BCUT2D eigenvalue weighted by Crippen LogP contribution is -2.27. The third-order valence-corrected chi connectivity index (χ3v) is 4.19. The standard InChI is InChI=1S/C18H18N4O2/c1-11-7-12(4-5-19-11)14-8-13-10-20-17(9-15(13)21-14)22-18(23)16-3-2-6-24-16/h4-5,7-10,16,21H,2-3,6H2,1H3,(H,20,22,23). The number of ether oxygens (including phenoxy) is 1. The molecule has 122 valence electrons. The Bertz CT molecular complexity index is 897. The number of aromatic amines is 1. The first kappa shape index (κ1) is 14.8. The highest BCUT2D eigenvalue weighted by Gasteiger charge is 2.23. The van der Waals surface area contributed by atoms with Crippen LogP contribution in [0.4, 0.5) is 5.82 Å². The van der Waals surface area contributed by atoms with Gasteiger partial charge >= 0.3 is 0 Å². The van der Waals surface area contributed by atoms with Crippen molar-refractivity contribution >= 4 is 22.6 Å². The number of H-pyrrole nitrogens is 1. The summed E-state index contributed by atoms with van der Waals surface area (Å²) in [5, 5.41) is 3.82. The molecule has 1 atom stereocenters. The van der Waals surface area contributed by atoms with E-state index in [9.17, 15) is 4.79 Å². The minimum absolute atomic E-state index is 0.129. The summed E-state index contributed by atoms with van der Waals surface area (Å²) >= 11 is 0. The number of carbonyl (C=O) groups excluding carboxylic acids is 1. The van der Waals surface area contributed by atoms with E-state index in [2.05, 4.69) is 20.3 Å². The van der Waals surface area contributed by atoms with E-state index in [0.717, 1.165) is 40.7 Å². The lowest BCUT2D eigenvalue weighted by molar-refractivity contribution is -0.124. The largest absolute Gasteiger partial charge is 0.368 e. The summed E-state index contributed by atoms with van der Waals surface area (Å²) < 4.78 is 5.39. The number of aryl methyl sites for hydroxylation is 1. The third kappa shape index (κ3) is 2.88. The van der Waals surface area contributed by atoms with E-state index in [4.69, 9.17) is 4.74 Å². The van der Waals surface area contributed by atoms with Crippen LogP contribution in [0, 0.1) is 6.92 Å². The van der Waals surface area contributed by atoms with Crippen molar-refractivity contribution < 1.29 is 9.53 Å². The van der Waals surface area contributed by atoms with E-state index in [0.29, 0.717) is 12.4 Å². The molecular formula is C18H18N4O2. The topological polar surface area (TPSA) is 79.9 Å². The number of fused-ring (bicyclic) bond motifs is 1. The highest BCUT2D eigenvalue weighted by atomic mass is 16.5. The number of hydrogen-bond donors (Lipinski definition) is 2. The number of aromatic nitrogens is 3. The van der Waals surface area contributed by atoms with Gasteiger partial charge in [-0.3, -0.25) is 9.78 Å². The van der Waals surface area contributed by atoms with E-state index in [1.165, 1.54) is 0 Å². The Morgan fingerprint density at radius 3 is 3.04 bits per heavy atom. The molecule has 0 bridgehead atoms. The van der Waals surface area contributed by atoms with E-state index in [1.807, 2.05) is 31.2 Å². The number of nitrogens with one attached hydrogen (secondary N) is 2. The van der Waals surface area contributed by atoms with Gasteiger partial charge in [-0.25, -0.2) is 4.98 Å². The van der Waals surface area contributed by atoms with Crippen molar-refractivity contribution in [1.82, 2.24) is 15.0 Å². The van der Waals surface area contributed by atoms with Crippen LogP contribution in [-0.4, -0.2) is 33.6 Å². The predicted molar refractivity (Wildman–Crippen MR) is 91.7 cm³/mol. The molecule has 1 unspecified atom stereocenters. The molecule has 2 N–H and O–H groups in total. The summed E-state index contributed by atoms with van der Waals surface area (Å²) in [4.78, 5) is 24.0. The fourth-order valence-corrected chi connectivity index (χ4v) is 2.95. The first-order chi connectivity index (χ1) is 11.7. The molecule has 4 rings (SSSR count). The van der Waals surface area contributed by atoms with Crippen LogP contribution >= 0.6 is 0 Å². The zero-order chi connectivity index (χ0) is 16.5. The number of nitrogens with zero attached hydrogens (tertiary/aromatic N) is 2. The predicted octanol–water partition coefficient (Wildman–Crippen LogP) is 3.05. The molecule has 0 spiro atoms. The zero-order valence-electron chi connectivity index (χ0n) is 13.4. The quantitative estimate of drug-likeness (QED) is 0.776. The fraction of sp³-hybridized carbons (Fsp3) is 0.278. The molecule has 1 aliphatic rings. The normalized spacial score (nSPS) is 17.3. The van der Waals surface area contributed by atoms with Gasteiger partial charge in [0.05, 0.1) is 5.52 Å². The number of amides is 1. The molecule has 6 heteroatoms. The number of rotatable bonds is 3. The summed E-state index contributed by atoms with van der Waals surface area (Å²) in [7, 11) is 0. The highest BCUT2D eigenvalue weighted by molar-refractivity contribution is 5.95. The second-order valence-electron chi connectivity index (χ2n) is 6.02. The van der Waals surface area contributed by atoms with E-state index in [1.54, 1.807) is 12.4 Å². The molecule has 1 amide bonds. The highest BCUT2D eigenvalue weighted by Crippen LogP contribution is 2.25. The van der Waals surface area contributed by atoms with Gasteiger partial charge in [0.15, 0.2) is 0 Å². The fourth-order valence-electron chi connectivity index (χ4n) is 2.95. The summed E-state index contributed by atoms with van der Waals surface area (Å²) in [5.41, 5.74) is 3.97. The Balaban J connectivity index is 1.60. The lowest BCUT2D eigenvalue weighted by Gasteiger charge is -2.09. The van der Waals surface area contributed by atoms with Gasteiger partial charge in [-0.1, -0.05) is 0 Å². The van der Waals surface area contributed by atoms with Crippen LogP contribution in [-0.2, 0) is 9.53 Å². The van der Waals surface area contributed by atoms with Gasteiger partial charge < -0.3 is 15.0 Å². The maximum Gasteiger partial charge on any atom is 0.254 e. The second kappa shape index (κ2) is 6.05. The second-order valence-corrected chi connectivity index (χ2v) is 6.02. The molecule has 1 fully saturated rings. The Kier molecular flexibility index (Phi) is 3.74. The molecule has 6 nitrogen and oxygen atoms in total. The van der Waals surface area contributed by atoms with Crippen molar-refractivity contribution in [3.8, 4) is 11.3 Å². The average Bonchev–Trinajstić information content (AvgIpc) is 3.24. The van der Waals surface area contributed by atoms with Crippen molar-refractivity contribution in [2.24, 2.45) is 0 Å². The molecule has 1 saturated heterocycles. The van der Waals surface area contributed by atoms with Crippen molar-refractivity contribution in [2.45, 2.75) is 25.9 Å². The number of anilines is 1. The van der Waals surface area contributed by atoms with E-state index in [-0.39, 0.29) is 12.0 Å². The SMILES string of the molecule is Cc1cc(-c2cc3cnc(NC(=O)C4CCCO4)cc3[nH]2)ccn1. The molecule has 3 aromatic heterocycles. The van der Waals surface area contributed by atoms with Gasteiger partial charge in [0, 0.05) is 47.4 Å². The van der Waals surface area contributed by atoms with Gasteiger partial charge in [-0.15, -0.1) is 0 Å². The van der Waals surface area contributed by atoms with Crippen LogP contribution in [0.5, 0.6) is 0 Å². The van der Waals surface area contributed by atoms with Crippen molar-refractivity contribution in [3.05, 3.63) is 42.4 Å². The summed E-state index contributed by atoms with van der Waals surface area (Å²) in [5.74, 6) is 0.401. The molecule has 3 aromatic rings. The summed E-state index contributed by atoms with van der Waals surface area (Å²) in [6.45, 7) is 2.61. The van der Waals surface area contributed by atoms with Crippen molar-refractivity contribution in [1.29, 1.82) is 0 Å². The Labute approximate surface area is 139 Å². The Morgan fingerprint density at radius 2 is 2.25 bits per heavy atom. The molecular weight excluding hydrogens is 304 g/mol. The van der Waals surface area contributed by atoms with Crippen LogP contribution in [0.2, 0.25) is 0 Å². The lowest BCUT2D eigenvalue weighted by atomic mass is 10.2. The van der Waals surface area contributed by atoms with Gasteiger partial charge in [-0.2, -0.15) is 0 Å². The van der Waals surface area contributed by atoms with Crippen LogP contribution in [0.3, 0.4) is 0 Å². The van der Waals surface area contributed by atoms with Gasteiger partial charge in [-0.05, 0) is 38.0 Å². The molecule has 4 heterocycles. The van der Waals surface area contributed by atoms with Gasteiger partial charge in [0.1, 0.15) is 11.9 Å². The average molecular weight is 322 g/mol. The van der Waals surface area contributed by atoms with Crippen molar-refractivity contribution in [3.63, 3.8) is 0 Å². The first-order valence-corrected chi connectivity index (χ1v) is 8.03. The first-order valence-electron chi connectivity index (χ1n) is 8.03. The van der Waals surface area contributed by atoms with E-state index < -0.39 is 0 Å². The molecule has 0 aromatic carbocycles. The summed E-state index contributed by atoms with van der Waals surface area (Å²) in [6.07, 6.45) is 4.88. The molecule has 24 heavy (non-hydrogen) atoms. The molecule has 1 aliphatic heterocycles. The van der Waals surface area contributed by atoms with Crippen LogP contribution in [0.15, 0.2) is 36.7 Å². The van der Waals surface area contributed by atoms with Gasteiger partial charge in [0.2, 0.25) is 0 Å². The zero-order valence-corrected chi connectivity index (χ0v) is 13.4. The maximum absolute atomic E-state index is 12.1.